The third-order valence-corrected chi connectivity index (χ3v) is 3.12. The normalized spacial score (nSPS) is 10.2. The first-order valence-electron chi connectivity index (χ1n) is 5.85. The largest absolute Gasteiger partial charge is 0.436 e. The summed E-state index contributed by atoms with van der Waals surface area (Å²) in [4.78, 5) is 8.32. The Kier molecular flexibility index (Phi) is 3.20. The minimum absolute atomic E-state index is 0.197. The fourth-order valence-electron chi connectivity index (χ4n) is 1.80. The Hall–Kier alpha value is -2.64. The van der Waals surface area contributed by atoms with Crippen LogP contribution in [0.15, 0.2) is 48.8 Å². The van der Waals surface area contributed by atoms with E-state index in [9.17, 15) is 0 Å². The van der Waals surface area contributed by atoms with Crippen molar-refractivity contribution in [1.82, 2.24) is 9.97 Å². The minimum Gasteiger partial charge on any atom is -0.436 e. The smallest absolute Gasteiger partial charge is 0.239 e. The first kappa shape index (κ1) is 12.4. The Morgan fingerprint density at radius 1 is 1.15 bits per heavy atom. The van der Waals surface area contributed by atoms with Gasteiger partial charge in [0.25, 0.3) is 0 Å². The second kappa shape index (κ2) is 5.16. The Morgan fingerprint density at radius 2 is 2.00 bits per heavy atom. The molecular formula is C15H8ClN3O. The molecule has 0 radical (unpaired) electrons. The summed E-state index contributed by atoms with van der Waals surface area (Å²) < 4.78 is 5.60. The number of pyridine rings is 2. The molecule has 0 atom stereocenters. The fourth-order valence-corrected chi connectivity index (χ4v) is 1.99. The van der Waals surface area contributed by atoms with Gasteiger partial charge in [-0.2, -0.15) is 5.26 Å². The Bertz CT molecular complexity index is 827. The minimum atomic E-state index is 0.197. The maximum Gasteiger partial charge on any atom is 0.239 e. The topological polar surface area (TPSA) is 58.8 Å². The monoisotopic (exact) mass is 281 g/mol. The molecule has 5 heteroatoms. The van der Waals surface area contributed by atoms with Crippen molar-refractivity contribution in [2.45, 2.75) is 0 Å². The molecule has 2 aromatic heterocycles. The second-order valence-corrected chi connectivity index (χ2v) is 4.43. The zero-order valence-corrected chi connectivity index (χ0v) is 11.0. The number of fused-ring (bicyclic) bond motifs is 1. The molecule has 0 aliphatic carbocycles. The molecule has 0 aliphatic heterocycles. The van der Waals surface area contributed by atoms with E-state index in [1.165, 1.54) is 12.3 Å². The van der Waals surface area contributed by atoms with Crippen molar-refractivity contribution in [2.75, 3.05) is 0 Å². The van der Waals surface area contributed by atoms with E-state index in [0.29, 0.717) is 11.3 Å². The van der Waals surface area contributed by atoms with Gasteiger partial charge in [0.15, 0.2) is 0 Å². The molecule has 20 heavy (non-hydrogen) atoms. The second-order valence-electron chi connectivity index (χ2n) is 4.06. The molecule has 0 saturated carbocycles. The van der Waals surface area contributed by atoms with Crippen molar-refractivity contribution in [3.8, 4) is 17.7 Å². The van der Waals surface area contributed by atoms with Gasteiger partial charge in [0.2, 0.25) is 5.88 Å². The molecule has 2 heterocycles. The highest BCUT2D eigenvalue weighted by Crippen LogP contribution is 2.30. The van der Waals surface area contributed by atoms with Crippen LogP contribution in [0, 0.1) is 11.3 Å². The van der Waals surface area contributed by atoms with Gasteiger partial charge in [-0.3, -0.25) is 4.98 Å². The van der Waals surface area contributed by atoms with Gasteiger partial charge in [0.1, 0.15) is 16.8 Å². The van der Waals surface area contributed by atoms with E-state index in [2.05, 4.69) is 9.97 Å². The van der Waals surface area contributed by atoms with Crippen molar-refractivity contribution >= 4 is 22.5 Å². The van der Waals surface area contributed by atoms with Crippen LogP contribution < -0.4 is 4.74 Å². The number of nitriles is 1. The standard InChI is InChI=1S/C15H8ClN3O/c16-14-11(8-17)5-6-18-15(14)20-12-7-10-3-1-2-4-13(10)19-9-12/h1-7,9H. The van der Waals surface area contributed by atoms with Crippen molar-refractivity contribution < 1.29 is 4.74 Å². The van der Waals surface area contributed by atoms with E-state index in [-0.39, 0.29) is 10.9 Å². The third kappa shape index (κ3) is 2.27. The molecule has 96 valence electrons. The quantitative estimate of drug-likeness (QED) is 0.714. The molecule has 0 bridgehead atoms. The Balaban J connectivity index is 1.99. The molecule has 0 spiro atoms. The maximum absolute atomic E-state index is 8.92. The van der Waals surface area contributed by atoms with Crippen LogP contribution in [0.2, 0.25) is 5.02 Å². The van der Waals surface area contributed by atoms with Crippen molar-refractivity contribution in [3.05, 3.63) is 59.4 Å². The highest BCUT2D eigenvalue weighted by Gasteiger charge is 2.10. The lowest BCUT2D eigenvalue weighted by Crippen LogP contribution is -1.92. The highest BCUT2D eigenvalue weighted by molar-refractivity contribution is 6.33. The zero-order chi connectivity index (χ0) is 13.9. The van der Waals surface area contributed by atoms with Crippen LogP contribution in [0.3, 0.4) is 0 Å². The van der Waals surface area contributed by atoms with Crippen LogP contribution >= 0.6 is 11.6 Å². The summed E-state index contributed by atoms with van der Waals surface area (Å²) in [5.74, 6) is 0.719. The average Bonchev–Trinajstić information content (AvgIpc) is 2.49. The van der Waals surface area contributed by atoms with Gasteiger partial charge >= 0.3 is 0 Å². The Morgan fingerprint density at radius 3 is 2.85 bits per heavy atom. The van der Waals surface area contributed by atoms with Gasteiger partial charge in [-0.1, -0.05) is 29.8 Å². The summed E-state index contributed by atoms with van der Waals surface area (Å²) >= 11 is 6.05. The van der Waals surface area contributed by atoms with Crippen molar-refractivity contribution in [1.29, 1.82) is 5.26 Å². The van der Waals surface area contributed by atoms with Crippen molar-refractivity contribution in [2.24, 2.45) is 0 Å². The number of benzene rings is 1. The predicted octanol–water partition coefficient (Wildman–Crippen LogP) is 3.95. The van der Waals surface area contributed by atoms with Gasteiger partial charge in [-0.15, -0.1) is 0 Å². The fraction of sp³-hybridized carbons (Fsp3) is 0. The summed E-state index contributed by atoms with van der Waals surface area (Å²) in [5, 5.41) is 10.1. The van der Waals surface area contributed by atoms with Gasteiger partial charge in [-0.25, -0.2) is 4.98 Å². The van der Waals surface area contributed by atoms with Gasteiger partial charge < -0.3 is 4.74 Å². The van der Waals surface area contributed by atoms with E-state index in [1.807, 2.05) is 36.4 Å². The Labute approximate surface area is 120 Å². The molecule has 0 N–H and O–H groups in total. The molecular weight excluding hydrogens is 274 g/mol. The molecule has 0 amide bonds. The molecule has 3 aromatic rings. The number of nitrogens with zero attached hydrogens (tertiary/aromatic N) is 3. The molecule has 0 saturated heterocycles. The number of halogens is 1. The van der Waals surface area contributed by atoms with Gasteiger partial charge in [-0.05, 0) is 18.2 Å². The lowest BCUT2D eigenvalue weighted by Gasteiger charge is -2.07. The number of hydrogen-bond donors (Lipinski definition) is 0. The summed E-state index contributed by atoms with van der Waals surface area (Å²) in [5.41, 5.74) is 1.20. The van der Waals surface area contributed by atoms with Crippen LogP contribution in [0.1, 0.15) is 5.56 Å². The van der Waals surface area contributed by atoms with E-state index < -0.39 is 0 Å². The molecule has 3 rings (SSSR count). The predicted molar refractivity (Wildman–Crippen MR) is 75.8 cm³/mol. The zero-order valence-electron chi connectivity index (χ0n) is 10.2. The molecule has 0 unspecified atom stereocenters. The SMILES string of the molecule is N#Cc1ccnc(Oc2cnc3ccccc3c2)c1Cl. The number of hydrogen-bond acceptors (Lipinski definition) is 4. The first-order chi connectivity index (χ1) is 9.78. The lowest BCUT2D eigenvalue weighted by atomic mass is 10.2. The van der Waals surface area contributed by atoms with Gasteiger partial charge in [0, 0.05) is 11.6 Å². The molecule has 0 fully saturated rings. The van der Waals surface area contributed by atoms with Crippen LogP contribution in [0.4, 0.5) is 0 Å². The summed E-state index contributed by atoms with van der Waals surface area (Å²) in [6.45, 7) is 0. The van der Waals surface area contributed by atoms with Crippen LogP contribution in [0.25, 0.3) is 10.9 Å². The van der Waals surface area contributed by atoms with Crippen LogP contribution in [-0.2, 0) is 0 Å². The van der Waals surface area contributed by atoms with Crippen molar-refractivity contribution in [3.63, 3.8) is 0 Å². The number of rotatable bonds is 2. The third-order valence-electron chi connectivity index (χ3n) is 2.76. The molecule has 4 nitrogen and oxygen atoms in total. The maximum atomic E-state index is 8.92. The lowest BCUT2D eigenvalue weighted by molar-refractivity contribution is 0.462. The van der Waals surface area contributed by atoms with E-state index in [1.54, 1.807) is 6.20 Å². The summed E-state index contributed by atoms with van der Waals surface area (Å²) in [7, 11) is 0. The first-order valence-corrected chi connectivity index (χ1v) is 6.23. The van der Waals surface area contributed by atoms with Crippen LogP contribution in [-0.4, -0.2) is 9.97 Å². The number of para-hydroxylation sites is 1. The number of aromatic nitrogens is 2. The highest BCUT2D eigenvalue weighted by atomic mass is 35.5. The molecule has 0 aliphatic rings. The number of ether oxygens (including phenoxy) is 1. The van der Waals surface area contributed by atoms with E-state index >= 15 is 0 Å². The molecule has 1 aromatic carbocycles. The van der Waals surface area contributed by atoms with E-state index in [4.69, 9.17) is 21.6 Å². The average molecular weight is 282 g/mol. The van der Waals surface area contributed by atoms with Crippen LogP contribution in [0.5, 0.6) is 11.6 Å². The van der Waals surface area contributed by atoms with Gasteiger partial charge in [0.05, 0.1) is 17.3 Å². The summed E-state index contributed by atoms with van der Waals surface area (Å²) in [6.07, 6.45) is 3.08. The van der Waals surface area contributed by atoms with E-state index in [0.717, 1.165) is 10.9 Å². The summed E-state index contributed by atoms with van der Waals surface area (Å²) in [6, 6.07) is 13.1.